The van der Waals surface area contributed by atoms with Gasteiger partial charge in [0.1, 0.15) is 5.82 Å². The highest BCUT2D eigenvalue weighted by Gasteiger charge is 2.62. The molecule has 1 aliphatic heterocycles. The Kier molecular flexibility index (Phi) is 6.63. The van der Waals surface area contributed by atoms with E-state index in [-0.39, 0.29) is 26.2 Å². The summed E-state index contributed by atoms with van der Waals surface area (Å²) < 4.78 is 73.6. The molecule has 0 saturated carbocycles. The zero-order valence-corrected chi connectivity index (χ0v) is 20.7. The highest BCUT2D eigenvalue weighted by Crippen LogP contribution is 2.49. The quantitative estimate of drug-likeness (QED) is 0.314. The van der Waals surface area contributed by atoms with E-state index in [2.05, 4.69) is 9.52 Å². The molecule has 0 N–H and O–H groups in total. The number of nitrogens with zero attached hydrogens (tertiary/aromatic N) is 2. The lowest BCUT2D eigenvalue weighted by molar-refractivity contribution is -0.275. The van der Waals surface area contributed by atoms with Crippen LogP contribution in [0.15, 0.2) is 75.1 Å². The normalized spacial score (nSPS) is 19.6. The van der Waals surface area contributed by atoms with Crippen LogP contribution < -0.4 is 0 Å². The summed E-state index contributed by atoms with van der Waals surface area (Å²) in [5, 5.41) is 3.82. The van der Waals surface area contributed by atoms with Crippen LogP contribution in [0.1, 0.15) is 23.1 Å². The van der Waals surface area contributed by atoms with Gasteiger partial charge < -0.3 is 4.84 Å². The van der Waals surface area contributed by atoms with Crippen LogP contribution in [-0.4, -0.2) is 22.4 Å². The zero-order valence-electron chi connectivity index (χ0n) is 18.4. The van der Waals surface area contributed by atoms with Gasteiger partial charge in [-0.1, -0.05) is 40.5 Å². The molecule has 0 fully saturated rings. The molecule has 1 aliphatic rings. The van der Waals surface area contributed by atoms with Gasteiger partial charge in [0.2, 0.25) is 0 Å². The highest BCUT2D eigenvalue weighted by molar-refractivity contribution is 7.93. The molecule has 0 bridgehead atoms. The van der Waals surface area contributed by atoms with Crippen molar-refractivity contribution in [2.24, 2.45) is 9.52 Å². The number of aryl methyl sites for hydroxylation is 1. The molecule has 0 amide bonds. The van der Waals surface area contributed by atoms with Gasteiger partial charge in [-0.15, -0.1) is 0 Å². The number of rotatable bonds is 4. The second kappa shape index (κ2) is 9.11. The minimum Gasteiger partial charge on any atom is -0.374 e. The van der Waals surface area contributed by atoms with Crippen molar-refractivity contribution in [1.29, 1.82) is 0 Å². The molecule has 3 aromatic rings. The molecule has 0 radical (unpaired) electrons. The van der Waals surface area contributed by atoms with Crippen molar-refractivity contribution in [2.45, 2.75) is 30.0 Å². The van der Waals surface area contributed by atoms with E-state index in [0.717, 1.165) is 18.2 Å². The van der Waals surface area contributed by atoms with Gasteiger partial charge in [-0.2, -0.15) is 17.5 Å². The summed E-state index contributed by atoms with van der Waals surface area (Å²) in [5.74, 6) is -0.535. The van der Waals surface area contributed by atoms with Crippen LogP contribution in [-0.2, 0) is 20.2 Å². The summed E-state index contributed by atoms with van der Waals surface area (Å²) >= 11 is 11.9. The average Bonchev–Trinajstić information content (AvgIpc) is 3.21. The van der Waals surface area contributed by atoms with Crippen molar-refractivity contribution < 1.29 is 26.6 Å². The van der Waals surface area contributed by atoms with Gasteiger partial charge in [0.25, 0.3) is 5.60 Å². The molecular weight excluding hydrogens is 527 g/mol. The number of halogens is 6. The Hall–Kier alpha value is -2.62. The monoisotopic (exact) mass is 544 g/mol. The molecule has 1 heterocycles. The molecule has 2 atom stereocenters. The smallest absolute Gasteiger partial charge is 0.374 e. The van der Waals surface area contributed by atoms with Gasteiger partial charge in [0.15, 0.2) is 0 Å². The van der Waals surface area contributed by atoms with E-state index in [9.17, 15) is 21.8 Å². The first-order chi connectivity index (χ1) is 16.3. The average molecular weight is 545 g/mol. The number of benzene rings is 3. The molecule has 2 unspecified atom stereocenters. The minimum absolute atomic E-state index is 0.0384. The van der Waals surface area contributed by atoms with Crippen LogP contribution in [0.4, 0.5) is 23.2 Å². The van der Waals surface area contributed by atoms with Gasteiger partial charge in [0.05, 0.1) is 26.0 Å². The maximum absolute atomic E-state index is 14.2. The SMILES string of the molecule is Cc1cc(C2=NOC(c3cc(Cl)cc(Cl)c3)(C(F)(F)F)C2)ccc1N=S(C)(=O)c1cccc(F)c1. The maximum atomic E-state index is 14.2. The lowest BCUT2D eigenvalue weighted by Gasteiger charge is -2.29. The fourth-order valence-corrected chi connectivity index (χ4v) is 5.60. The van der Waals surface area contributed by atoms with Crippen molar-refractivity contribution >= 4 is 44.3 Å². The van der Waals surface area contributed by atoms with E-state index in [1.54, 1.807) is 13.0 Å². The molecule has 11 heteroatoms. The summed E-state index contributed by atoms with van der Waals surface area (Å²) in [6.07, 6.45) is -4.02. The first-order valence-corrected chi connectivity index (χ1v) is 12.9. The molecule has 3 aromatic carbocycles. The predicted octanol–water partition coefficient (Wildman–Crippen LogP) is 7.81. The summed E-state index contributed by atoms with van der Waals surface area (Å²) in [6.45, 7) is 1.67. The van der Waals surface area contributed by atoms with Gasteiger partial charge >= 0.3 is 6.18 Å². The van der Waals surface area contributed by atoms with E-state index < -0.39 is 33.7 Å². The van der Waals surface area contributed by atoms with Crippen molar-refractivity contribution in [3.05, 3.63) is 93.2 Å². The third-order valence-corrected chi connectivity index (χ3v) is 7.66. The molecule has 184 valence electrons. The van der Waals surface area contributed by atoms with Gasteiger partial charge in [-0.3, -0.25) is 0 Å². The largest absolute Gasteiger partial charge is 0.435 e. The molecule has 0 aromatic heterocycles. The van der Waals surface area contributed by atoms with Crippen molar-refractivity contribution in [3.8, 4) is 0 Å². The zero-order chi connectivity index (χ0) is 25.6. The summed E-state index contributed by atoms with van der Waals surface area (Å²) in [5.41, 5.74) is -1.65. The van der Waals surface area contributed by atoms with Crippen molar-refractivity contribution in [1.82, 2.24) is 0 Å². The topological polar surface area (TPSA) is 51.0 Å². The number of alkyl halides is 3. The number of oxime groups is 1. The van der Waals surface area contributed by atoms with Gasteiger partial charge in [-0.05, 0) is 66.6 Å². The van der Waals surface area contributed by atoms with E-state index in [4.69, 9.17) is 28.0 Å². The number of hydrogen-bond acceptors (Lipinski definition) is 4. The fraction of sp³-hybridized carbons (Fsp3) is 0.208. The molecule has 0 saturated heterocycles. The molecule has 4 nitrogen and oxygen atoms in total. The van der Waals surface area contributed by atoms with Crippen LogP contribution in [0, 0.1) is 12.7 Å². The Morgan fingerprint density at radius 1 is 1.06 bits per heavy atom. The summed E-state index contributed by atoms with van der Waals surface area (Å²) in [6, 6.07) is 13.6. The van der Waals surface area contributed by atoms with Crippen molar-refractivity contribution in [3.63, 3.8) is 0 Å². The van der Waals surface area contributed by atoms with Gasteiger partial charge in [-0.25, -0.2) is 8.60 Å². The minimum atomic E-state index is -4.81. The maximum Gasteiger partial charge on any atom is 0.435 e. The third kappa shape index (κ3) is 5.03. The number of hydrogen-bond donors (Lipinski definition) is 0. The predicted molar refractivity (Wildman–Crippen MR) is 128 cm³/mol. The van der Waals surface area contributed by atoms with Crippen LogP contribution in [0.5, 0.6) is 0 Å². The fourth-order valence-electron chi connectivity index (χ4n) is 3.73. The van der Waals surface area contributed by atoms with E-state index in [1.807, 2.05) is 0 Å². The first kappa shape index (κ1) is 25.5. The third-order valence-electron chi connectivity index (χ3n) is 5.55. The Balaban J connectivity index is 1.68. The van der Waals surface area contributed by atoms with Crippen LogP contribution >= 0.6 is 23.2 Å². The second-order valence-corrected chi connectivity index (χ2v) is 11.3. The molecular formula is C24H18Cl2F4N2O2S. The molecule has 0 aliphatic carbocycles. The van der Waals surface area contributed by atoms with Crippen molar-refractivity contribution in [2.75, 3.05) is 6.26 Å². The Morgan fingerprint density at radius 3 is 2.34 bits per heavy atom. The van der Waals surface area contributed by atoms with Crippen LogP contribution in [0.25, 0.3) is 0 Å². The standard InChI is InChI=1S/C24H18Cl2F4N2O2S/c1-14-8-15(6-7-21(14)32-35(2,33)20-5-3-4-19(27)12-20)22-13-23(34-31-22,24(28,29)30)16-9-17(25)11-18(26)10-16/h3-12H,13H2,1-2H3. The van der Waals surface area contributed by atoms with Crippen LogP contribution in [0.3, 0.4) is 0 Å². The Bertz CT molecular complexity index is 1450. The van der Waals surface area contributed by atoms with Crippen LogP contribution in [0.2, 0.25) is 10.0 Å². The van der Waals surface area contributed by atoms with Gasteiger partial charge in [0, 0.05) is 28.3 Å². The molecule has 0 spiro atoms. The molecule has 4 rings (SSSR count). The molecule has 35 heavy (non-hydrogen) atoms. The summed E-state index contributed by atoms with van der Waals surface area (Å²) in [4.78, 5) is 5.26. The van der Waals surface area contributed by atoms with E-state index >= 15 is 0 Å². The highest BCUT2D eigenvalue weighted by atomic mass is 35.5. The first-order valence-electron chi connectivity index (χ1n) is 10.2. The Labute approximate surface area is 209 Å². The Morgan fingerprint density at radius 2 is 1.74 bits per heavy atom. The lowest BCUT2D eigenvalue weighted by Crippen LogP contribution is -2.42. The summed E-state index contributed by atoms with van der Waals surface area (Å²) in [7, 11) is -2.97. The van der Waals surface area contributed by atoms with E-state index in [1.165, 1.54) is 42.7 Å². The van der Waals surface area contributed by atoms with E-state index in [0.29, 0.717) is 16.8 Å². The lowest BCUT2D eigenvalue weighted by atomic mass is 9.86. The second-order valence-electron chi connectivity index (χ2n) is 8.14.